The summed E-state index contributed by atoms with van der Waals surface area (Å²) in [5.74, 6) is -0.691. The molecule has 2 heterocycles. The Morgan fingerprint density at radius 3 is 1.73 bits per heavy atom. The maximum Gasteiger partial charge on any atom is 0.268 e. The molecule has 228 valence electrons. The van der Waals surface area contributed by atoms with Gasteiger partial charge in [0, 0.05) is 22.1 Å². The van der Waals surface area contributed by atoms with Gasteiger partial charge in [-0.2, -0.15) is 0 Å². The topological polar surface area (TPSA) is 42.3 Å². The summed E-state index contributed by atoms with van der Waals surface area (Å²) < 4.78 is 2.17. The molecule has 8 rings (SSSR count). The minimum atomic E-state index is -0.352. The second kappa shape index (κ2) is 12.0. The summed E-state index contributed by atoms with van der Waals surface area (Å²) >= 11 is 0. The molecule has 0 atom stereocenters. The summed E-state index contributed by atoms with van der Waals surface area (Å²) in [4.78, 5) is 30.4. The molecule has 0 saturated heterocycles. The summed E-state index contributed by atoms with van der Waals surface area (Å²) in [6.07, 6.45) is 5.78. The molecule has 0 radical (unpaired) electrons. The quantitative estimate of drug-likeness (QED) is 0.132. The van der Waals surface area contributed by atoms with Gasteiger partial charge < -0.3 is 4.57 Å². The van der Waals surface area contributed by atoms with Gasteiger partial charge in [-0.1, -0.05) is 158 Å². The fraction of sp³-hybridized carbons (Fsp3) is 0. The summed E-state index contributed by atoms with van der Waals surface area (Å²) in [6, 6.07) is 49.8. The monoisotopic (exact) mass is 618 g/mol. The molecular formula is C44H30N2O2. The number of imide groups is 1. The number of carbonyl (C=O) groups is 2. The van der Waals surface area contributed by atoms with Crippen LogP contribution >= 0.6 is 0 Å². The van der Waals surface area contributed by atoms with E-state index in [0.29, 0.717) is 22.5 Å². The number of amides is 2. The number of rotatable bonds is 7. The summed E-state index contributed by atoms with van der Waals surface area (Å²) in [5, 5.41) is 1.02. The van der Waals surface area contributed by atoms with Gasteiger partial charge in [0.1, 0.15) is 0 Å². The van der Waals surface area contributed by atoms with Gasteiger partial charge >= 0.3 is 0 Å². The van der Waals surface area contributed by atoms with Gasteiger partial charge in [0.05, 0.1) is 33.7 Å². The largest absolute Gasteiger partial charge is 0.307 e. The standard InChI is InChI=1S/C44H30N2O2/c1-2-3-23-35-36-26-15-25-34(31-19-9-5-10-20-31)42(36)45(41(35)32-21-11-6-12-22-32)39-29-16-27-37-40(39)44(48)46(43(37)47)38-28-14-13-24-33(38)30-17-7-4-8-18-30/h2-29H,1H2/b23-3-. The number of nitrogens with zero attached hydrogens (tertiary/aromatic N) is 2. The summed E-state index contributed by atoms with van der Waals surface area (Å²) in [7, 11) is 0. The van der Waals surface area contributed by atoms with Crippen LogP contribution in [0.5, 0.6) is 0 Å². The zero-order valence-electron chi connectivity index (χ0n) is 26.1. The molecular weight excluding hydrogens is 588 g/mol. The highest BCUT2D eigenvalue weighted by Gasteiger charge is 2.40. The highest BCUT2D eigenvalue weighted by atomic mass is 16.2. The first kappa shape index (κ1) is 28.9. The van der Waals surface area contributed by atoms with Crippen LogP contribution in [-0.4, -0.2) is 16.4 Å². The number of carbonyl (C=O) groups excluding carboxylic acids is 2. The zero-order chi connectivity index (χ0) is 32.6. The summed E-state index contributed by atoms with van der Waals surface area (Å²) in [6.45, 7) is 3.94. The van der Waals surface area contributed by atoms with Gasteiger partial charge in [0.15, 0.2) is 0 Å². The van der Waals surface area contributed by atoms with Crippen LogP contribution in [0.1, 0.15) is 26.3 Å². The average Bonchev–Trinajstić information content (AvgIpc) is 3.62. The second-order valence-electron chi connectivity index (χ2n) is 11.7. The minimum Gasteiger partial charge on any atom is -0.307 e. The third-order valence-corrected chi connectivity index (χ3v) is 8.92. The molecule has 1 aliphatic heterocycles. The maximum absolute atomic E-state index is 14.8. The van der Waals surface area contributed by atoms with Gasteiger partial charge in [-0.25, -0.2) is 4.90 Å². The van der Waals surface area contributed by atoms with Crippen LogP contribution in [0.15, 0.2) is 170 Å². The molecule has 2 amide bonds. The Bertz CT molecular complexity index is 2390. The van der Waals surface area contributed by atoms with Crippen molar-refractivity contribution in [2.24, 2.45) is 0 Å². The third kappa shape index (κ3) is 4.62. The smallest absolute Gasteiger partial charge is 0.268 e. The first-order chi connectivity index (χ1) is 23.7. The van der Waals surface area contributed by atoms with Crippen LogP contribution in [-0.2, 0) is 0 Å². The van der Waals surface area contributed by atoms with Gasteiger partial charge in [-0.05, 0) is 34.9 Å². The fourth-order valence-electron chi connectivity index (χ4n) is 6.87. The molecule has 6 aromatic carbocycles. The van der Waals surface area contributed by atoms with Crippen molar-refractivity contribution in [3.63, 3.8) is 0 Å². The Balaban J connectivity index is 1.44. The van der Waals surface area contributed by atoms with E-state index in [2.05, 4.69) is 59.7 Å². The van der Waals surface area contributed by atoms with Crippen molar-refractivity contribution in [3.8, 4) is 39.2 Å². The Morgan fingerprint density at radius 1 is 0.500 bits per heavy atom. The van der Waals surface area contributed by atoms with Crippen molar-refractivity contribution in [3.05, 3.63) is 187 Å². The number of fused-ring (bicyclic) bond motifs is 2. The Kier molecular flexibility index (Phi) is 7.24. The lowest BCUT2D eigenvalue weighted by molar-refractivity contribution is 0.0926. The van der Waals surface area contributed by atoms with Crippen LogP contribution in [0.25, 0.3) is 56.2 Å². The molecule has 0 N–H and O–H groups in total. The highest BCUT2D eigenvalue weighted by molar-refractivity contribution is 6.36. The summed E-state index contributed by atoms with van der Waals surface area (Å²) in [5.41, 5.74) is 9.62. The Morgan fingerprint density at radius 2 is 1.04 bits per heavy atom. The van der Waals surface area contributed by atoms with Crippen molar-refractivity contribution in [2.75, 3.05) is 4.90 Å². The molecule has 0 fully saturated rings. The number of aromatic nitrogens is 1. The molecule has 4 nitrogen and oxygen atoms in total. The van der Waals surface area contributed by atoms with Crippen molar-refractivity contribution < 1.29 is 9.59 Å². The van der Waals surface area contributed by atoms with E-state index in [1.807, 2.05) is 109 Å². The van der Waals surface area contributed by atoms with E-state index in [1.165, 1.54) is 4.90 Å². The molecule has 0 saturated carbocycles. The second-order valence-corrected chi connectivity index (χ2v) is 11.7. The van der Waals surface area contributed by atoms with Crippen LogP contribution in [0.3, 0.4) is 0 Å². The van der Waals surface area contributed by atoms with Crippen molar-refractivity contribution >= 4 is 34.5 Å². The third-order valence-electron chi connectivity index (χ3n) is 8.92. The first-order valence-electron chi connectivity index (χ1n) is 15.9. The number of allylic oxidation sites excluding steroid dienone is 2. The van der Waals surface area contributed by atoms with E-state index in [9.17, 15) is 9.59 Å². The van der Waals surface area contributed by atoms with Crippen molar-refractivity contribution in [1.29, 1.82) is 0 Å². The van der Waals surface area contributed by atoms with Gasteiger partial charge in [-0.3, -0.25) is 9.59 Å². The fourth-order valence-corrected chi connectivity index (χ4v) is 6.87. The molecule has 1 aliphatic rings. The lowest BCUT2D eigenvalue weighted by Crippen LogP contribution is -2.30. The number of anilines is 1. The zero-order valence-corrected chi connectivity index (χ0v) is 26.1. The molecule has 7 aromatic rings. The van der Waals surface area contributed by atoms with Crippen molar-refractivity contribution in [1.82, 2.24) is 4.57 Å². The van der Waals surface area contributed by atoms with Crippen LogP contribution in [0.2, 0.25) is 0 Å². The van der Waals surface area contributed by atoms with E-state index in [0.717, 1.165) is 50.0 Å². The van der Waals surface area contributed by atoms with E-state index in [1.54, 1.807) is 12.1 Å². The Labute approximate surface area is 279 Å². The average molecular weight is 619 g/mol. The molecule has 4 heteroatoms. The molecule has 0 spiro atoms. The van der Waals surface area contributed by atoms with Crippen LogP contribution in [0, 0.1) is 0 Å². The van der Waals surface area contributed by atoms with Gasteiger partial charge in [-0.15, -0.1) is 0 Å². The van der Waals surface area contributed by atoms with Crippen molar-refractivity contribution in [2.45, 2.75) is 0 Å². The number of hydrogen-bond acceptors (Lipinski definition) is 2. The number of hydrogen-bond donors (Lipinski definition) is 0. The maximum atomic E-state index is 14.8. The molecule has 0 aliphatic carbocycles. The van der Waals surface area contributed by atoms with Gasteiger partial charge in [0.2, 0.25) is 0 Å². The molecule has 48 heavy (non-hydrogen) atoms. The van der Waals surface area contributed by atoms with E-state index in [-0.39, 0.29) is 11.8 Å². The van der Waals surface area contributed by atoms with E-state index in [4.69, 9.17) is 0 Å². The Hall–Kier alpha value is -6.52. The van der Waals surface area contributed by atoms with Gasteiger partial charge in [0.25, 0.3) is 11.8 Å². The minimum absolute atomic E-state index is 0.340. The molecule has 0 bridgehead atoms. The SMILES string of the molecule is C=C/C=C\c1c(-c2ccccc2)n(-c2cccc3c2C(=O)N(c2ccccc2-c2ccccc2)C3=O)c2c(-c3ccccc3)cccc12. The first-order valence-corrected chi connectivity index (χ1v) is 15.9. The number of benzene rings is 6. The van der Waals surface area contributed by atoms with Crippen LogP contribution < -0.4 is 4.90 Å². The van der Waals surface area contributed by atoms with Crippen LogP contribution in [0.4, 0.5) is 5.69 Å². The molecule has 1 aromatic heterocycles. The van der Waals surface area contributed by atoms with E-state index >= 15 is 0 Å². The lowest BCUT2D eigenvalue weighted by atomic mass is 10.0. The predicted molar refractivity (Wildman–Crippen MR) is 196 cm³/mol. The predicted octanol–water partition coefficient (Wildman–Crippen LogP) is 10.6. The highest BCUT2D eigenvalue weighted by Crippen LogP contribution is 2.44. The normalized spacial score (nSPS) is 12.6. The van der Waals surface area contributed by atoms with E-state index < -0.39 is 0 Å². The molecule has 0 unspecified atom stereocenters. The number of para-hydroxylation sites is 2. The lowest BCUT2D eigenvalue weighted by Gasteiger charge is -2.19.